The van der Waals surface area contributed by atoms with Crippen molar-refractivity contribution in [2.75, 3.05) is 26.2 Å². The number of aliphatic hydroxyl groups is 1. The van der Waals surface area contributed by atoms with Crippen molar-refractivity contribution in [3.63, 3.8) is 0 Å². The topological polar surface area (TPSA) is 94.1 Å². The van der Waals surface area contributed by atoms with Crippen LogP contribution in [0.2, 0.25) is 0 Å². The number of rotatable bonds is 6. The number of carbonyl (C=O) groups excluding carboxylic acids is 1. The van der Waals surface area contributed by atoms with Crippen molar-refractivity contribution in [3.8, 4) is 0 Å². The highest BCUT2D eigenvalue weighted by Crippen LogP contribution is 2.37. The van der Waals surface area contributed by atoms with Gasteiger partial charge in [0.25, 0.3) is 5.91 Å². The van der Waals surface area contributed by atoms with E-state index in [4.69, 9.17) is 5.11 Å². The summed E-state index contributed by atoms with van der Waals surface area (Å²) in [6.07, 6.45) is 4.44. The molecule has 2 heterocycles. The van der Waals surface area contributed by atoms with E-state index < -0.39 is 0 Å². The van der Waals surface area contributed by atoms with E-state index in [0.717, 1.165) is 38.1 Å². The van der Waals surface area contributed by atoms with Crippen LogP contribution < -0.4 is 5.32 Å². The Bertz CT molecular complexity index is 465. The minimum atomic E-state index is -0.198. The summed E-state index contributed by atoms with van der Waals surface area (Å²) in [7, 11) is 0. The van der Waals surface area contributed by atoms with Crippen LogP contribution in [0.4, 0.5) is 0 Å². The molecule has 1 aromatic rings. The summed E-state index contributed by atoms with van der Waals surface area (Å²) >= 11 is 0. The molecular weight excluding hydrogens is 258 g/mol. The van der Waals surface area contributed by atoms with Crippen molar-refractivity contribution >= 4 is 5.91 Å². The van der Waals surface area contributed by atoms with Gasteiger partial charge in [-0.3, -0.25) is 9.89 Å². The second kappa shape index (κ2) is 5.88. The molecule has 1 unspecified atom stereocenters. The van der Waals surface area contributed by atoms with E-state index in [1.807, 2.05) is 0 Å². The molecule has 3 N–H and O–H groups in total. The molecule has 1 aliphatic carbocycles. The maximum Gasteiger partial charge on any atom is 0.293 e. The number of aromatic nitrogens is 3. The van der Waals surface area contributed by atoms with E-state index in [-0.39, 0.29) is 18.3 Å². The molecule has 0 bridgehead atoms. The van der Waals surface area contributed by atoms with Crippen LogP contribution in [0, 0.1) is 0 Å². The summed E-state index contributed by atoms with van der Waals surface area (Å²) in [6, 6.07) is 0.312. The molecule has 1 atom stereocenters. The van der Waals surface area contributed by atoms with E-state index in [1.165, 1.54) is 0 Å². The number of carbonyl (C=O) groups is 1. The number of hydrogen-bond donors (Lipinski definition) is 3. The summed E-state index contributed by atoms with van der Waals surface area (Å²) in [5, 5.41) is 19.4. The number of aliphatic hydroxyl groups excluding tert-OH is 1. The zero-order valence-electron chi connectivity index (χ0n) is 11.5. The molecule has 1 aromatic heterocycles. The van der Waals surface area contributed by atoms with Gasteiger partial charge in [-0.2, -0.15) is 0 Å². The predicted octanol–water partition coefficient (Wildman–Crippen LogP) is -0.131. The van der Waals surface area contributed by atoms with Crippen molar-refractivity contribution in [1.82, 2.24) is 25.4 Å². The average Bonchev–Trinajstić information content (AvgIpc) is 2.98. The monoisotopic (exact) mass is 279 g/mol. The molecule has 110 valence electrons. The van der Waals surface area contributed by atoms with Gasteiger partial charge in [0.15, 0.2) is 0 Å². The van der Waals surface area contributed by atoms with Crippen LogP contribution in [0.3, 0.4) is 0 Å². The zero-order valence-corrected chi connectivity index (χ0v) is 11.5. The van der Waals surface area contributed by atoms with Crippen molar-refractivity contribution in [1.29, 1.82) is 0 Å². The van der Waals surface area contributed by atoms with Gasteiger partial charge in [0.1, 0.15) is 5.82 Å². The van der Waals surface area contributed by atoms with Crippen LogP contribution in [-0.4, -0.2) is 63.4 Å². The van der Waals surface area contributed by atoms with Crippen LogP contribution in [-0.2, 0) is 0 Å². The zero-order chi connectivity index (χ0) is 13.9. The first-order chi connectivity index (χ1) is 9.78. The van der Waals surface area contributed by atoms with E-state index in [9.17, 15) is 4.79 Å². The van der Waals surface area contributed by atoms with Gasteiger partial charge in [-0.25, -0.2) is 4.98 Å². The Hall–Kier alpha value is -1.47. The molecule has 7 heteroatoms. The van der Waals surface area contributed by atoms with Gasteiger partial charge >= 0.3 is 0 Å². The molecule has 2 fully saturated rings. The van der Waals surface area contributed by atoms with Gasteiger partial charge in [0.05, 0.1) is 6.61 Å². The second-order valence-corrected chi connectivity index (χ2v) is 5.59. The fourth-order valence-corrected chi connectivity index (χ4v) is 2.63. The number of amides is 1. The molecule has 0 aromatic carbocycles. The Morgan fingerprint density at radius 3 is 2.90 bits per heavy atom. The standard InChI is InChI=1S/C13H21N5O2/c19-7-6-18(8-10-2-1-5-14-10)13(20)12-15-11(16-17-12)9-3-4-9/h9-10,14,19H,1-8H2,(H,15,16,17). The Balaban J connectivity index is 1.66. The Kier molecular flexibility index (Phi) is 3.98. The maximum absolute atomic E-state index is 12.4. The Morgan fingerprint density at radius 2 is 2.25 bits per heavy atom. The molecule has 20 heavy (non-hydrogen) atoms. The van der Waals surface area contributed by atoms with E-state index in [0.29, 0.717) is 25.0 Å². The molecule has 1 saturated carbocycles. The lowest BCUT2D eigenvalue weighted by molar-refractivity contribution is 0.0694. The van der Waals surface area contributed by atoms with Gasteiger partial charge in [-0.1, -0.05) is 0 Å². The minimum Gasteiger partial charge on any atom is -0.395 e. The molecule has 2 aliphatic rings. The lowest BCUT2D eigenvalue weighted by Gasteiger charge is -2.23. The molecule has 0 radical (unpaired) electrons. The molecule has 1 aliphatic heterocycles. The number of H-pyrrole nitrogens is 1. The van der Waals surface area contributed by atoms with Gasteiger partial charge < -0.3 is 15.3 Å². The quantitative estimate of drug-likeness (QED) is 0.674. The normalized spacial score (nSPS) is 22.1. The van der Waals surface area contributed by atoms with E-state index in [2.05, 4.69) is 20.5 Å². The fraction of sp³-hybridized carbons (Fsp3) is 0.769. The molecule has 1 amide bonds. The molecule has 3 rings (SSSR count). The van der Waals surface area contributed by atoms with Crippen LogP contribution >= 0.6 is 0 Å². The van der Waals surface area contributed by atoms with Crippen LogP contribution in [0.5, 0.6) is 0 Å². The van der Waals surface area contributed by atoms with Gasteiger partial charge in [-0.05, 0) is 32.2 Å². The first kappa shape index (κ1) is 13.5. The van der Waals surface area contributed by atoms with E-state index in [1.54, 1.807) is 4.90 Å². The fourth-order valence-electron chi connectivity index (χ4n) is 2.63. The highest BCUT2D eigenvalue weighted by molar-refractivity contribution is 5.90. The Labute approximate surface area is 117 Å². The highest BCUT2D eigenvalue weighted by Gasteiger charge is 2.30. The third kappa shape index (κ3) is 2.99. The van der Waals surface area contributed by atoms with Crippen LogP contribution in [0.1, 0.15) is 48.0 Å². The maximum atomic E-state index is 12.4. The van der Waals surface area contributed by atoms with Crippen LogP contribution in [0.15, 0.2) is 0 Å². The average molecular weight is 279 g/mol. The number of nitrogens with one attached hydrogen (secondary N) is 2. The molecule has 0 spiro atoms. The van der Waals surface area contributed by atoms with Crippen molar-refractivity contribution in [2.45, 2.75) is 37.6 Å². The number of aromatic amines is 1. The summed E-state index contributed by atoms with van der Waals surface area (Å²) in [4.78, 5) is 18.4. The van der Waals surface area contributed by atoms with Crippen molar-refractivity contribution in [2.24, 2.45) is 0 Å². The minimum absolute atomic E-state index is 0.0433. The van der Waals surface area contributed by atoms with Gasteiger partial charge in [0, 0.05) is 25.0 Å². The summed E-state index contributed by atoms with van der Waals surface area (Å²) in [5.41, 5.74) is 0. The number of nitrogens with zero attached hydrogens (tertiary/aromatic N) is 3. The predicted molar refractivity (Wildman–Crippen MR) is 72.4 cm³/mol. The summed E-state index contributed by atoms with van der Waals surface area (Å²) in [6.45, 7) is 1.88. The molecule has 1 saturated heterocycles. The lowest BCUT2D eigenvalue weighted by atomic mass is 10.2. The first-order valence-corrected chi connectivity index (χ1v) is 7.33. The van der Waals surface area contributed by atoms with Crippen LogP contribution in [0.25, 0.3) is 0 Å². The van der Waals surface area contributed by atoms with Crippen molar-refractivity contribution in [3.05, 3.63) is 11.6 Å². The van der Waals surface area contributed by atoms with Gasteiger partial charge in [0.2, 0.25) is 5.82 Å². The smallest absolute Gasteiger partial charge is 0.293 e. The largest absolute Gasteiger partial charge is 0.395 e. The Morgan fingerprint density at radius 1 is 1.40 bits per heavy atom. The third-order valence-electron chi connectivity index (χ3n) is 3.92. The summed E-state index contributed by atoms with van der Waals surface area (Å²) < 4.78 is 0. The highest BCUT2D eigenvalue weighted by atomic mass is 16.3. The first-order valence-electron chi connectivity index (χ1n) is 7.33. The lowest BCUT2D eigenvalue weighted by Crippen LogP contribution is -2.42. The van der Waals surface area contributed by atoms with Crippen molar-refractivity contribution < 1.29 is 9.90 Å². The van der Waals surface area contributed by atoms with Gasteiger partial charge in [-0.15, -0.1) is 5.10 Å². The molecule has 7 nitrogen and oxygen atoms in total. The van der Waals surface area contributed by atoms with E-state index >= 15 is 0 Å². The molecular formula is C13H21N5O2. The second-order valence-electron chi connectivity index (χ2n) is 5.59. The number of hydrogen-bond acceptors (Lipinski definition) is 5. The third-order valence-corrected chi connectivity index (χ3v) is 3.92. The SMILES string of the molecule is O=C(c1n[nH]c(C2CC2)n1)N(CCO)CC1CCCN1. The summed E-state index contributed by atoms with van der Waals surface area (Å²) in [5.74, 6) is 1.29.